The van der Waals surface area contributed by atoms with Gasteiger partial charge in [-0.05, 0) is 13.0 Å². The van der Waals surface area contributed by atoms with Crippen LogP contribution in [-0.2, 0) is 0 Å². The highest BCUT2D eigenvalue weighted by atomic mass is 16.5. The topological polar surface area (TPSA) is 63.2 Å². The Morgan fingerprint density at radius 3 is 2.87 bits per heavy atom. The van der Waals surface area contributed by atoms with Crippen LogP contribution in [0.25, 0.3) is 11.0 Å². The Labute approximate surface area is 85.3 Å². The maximum absolute atomic E-state index is 11.4. The van der Waals surface area contributed by atoms with Gasteiger partial charge in [0.2, 0.25) is 5.75 Å². The molecule has 4 nitrogen and oxygen atoms in total. The fraction of sp³-hybridized carbons (Fsp3) is 0.0909. The molecule has 0 radical (unpaired) electrons. The van der Waals surface area contributed by atoms with E-state index in [0.717, 1.165) is 5.39 Å². The monoisotopic (exact) mass is 201 g/mol. The average Bonchev–Trinajstić information content (AvgIpc) is 2.24. The minimum absolute atomic E-state index is 0.0452. The summed E-state index contributed by atoms with van der Waals surface area (Å²) >= 11 is 0. The molecule has 0 bridgehead atoms. The maximum atomic E-state index is 11.4. The van der Waals surface area contributed by atoms with Crippen LogP contribution in [0.5, 0.6) is 5.75 Å². The zero-order valence-electron chi connectivity index (χ0n) is 7.98. The minimum Gasteiger partial charge on any atom is -0.420 e. The molecule has 0 spiro atoms. The zero-order chi connectivity index (χ0) is 10.8. The SMILES string of the molecule is Cc1c(OC#N)c(=O)oc2ccccc12. The summed E-state index contributed by atoms with van der Waals surface area (Å²) in [4.78, 5) is 11.4. The molecule has 15 heavy (non-hydrogen) atoms. The normalized spacial score (nSPS) is 9.87. The number of benzene rings is 1. The van der Waals surface area contributed by atoms with Crippen molar-refractivity contribution in [3.63, 3.8) is 0 Å². The predicted molar refractivity (Wildman–Crippen MR) is 53.5 cm³/mol. The van der Waals surface area contributed by atoms with E-state index in [2.05, 4.69) is 4.74 Å². The van der Waals surface area contributed by atoms with E-state index in [-0.39, 0.29) is 5.75 Å². The van der Waals surface area contributed by atoms with Crippen LogP contribution in [0, 0.1) is 18.4 Å². The van der Waals surface area contributed by atoms with Gasteiger partial charge in [-0.15, -0.1) is 5.26 Å². The first-order valence-electron chi connectivity index (χ1n) is 4.32. The molecule has 1 heterocycles. The smallest absolute Gasteiger partial charge is 0.381 e. The maximum Gasteiger partial charge on any atom is 0.381 e. The Morgan fingerprint density at radius 1 is 1.40 bits per heavy atom. The number of nitriles is 1. The molecule has 0 saturated carbocycles. The third-order valence-electron chi connectivity index (χ3n) is 2.17. The fourth-order valence-corrected chi connectivity index (χ4v) is 1.45. The van der Waals surface area contributed by atoms with Crippen molar-refractivity contribution >= 4 is 11.0 Å². The van der Waals surface area contributed by atoms with Crippen molar-refractivity contribution in [2.45, 2.75) is 6.92 Å². The van der Waals surface area contributed by atoms with Gasteiger partial charge in [0.1, 0.15) is 5.58 Å². The Hall–Kier alpha value is -2.28. The van der Waals surface area contributed by atoms with E-state index < -0.39 is 5.63 Å². The number of para-hydroxylation sites is 1. The lowest BCUT2D eigenvalue weighted by Gasteiger charge is -2.03. The Bertz CT molecular complexity index is 607. The van der Waals surface area contributed by atoms with E-state index in [1.165, 1.54) is 6.26 Å². The second-order valence-electron chi connectivity index (χ2n) is 3.03. The van der Waals surface area contributed by atoms with Crippen LogP contribution in [-0.4, -0.2) is 0 Å². The number of ether oxygens (including phenoxy) is 1. The van der Waals surface area contributed by atoms with Crippen LogP contribution < -0.4 is 10.4 Å². The lowest BCUT2D eigenvalue weighted by Crippen LogP contribution is -2.05. The lowest BCUT2D eigenvalue weighted by molar-refractivity contribution is 0.450. The number of fused-ring (bicyclic) bond motifs is 1. The quantitative estimate of drug-likeness (QED) is 0.522. The van der Waals surface area contributed by atoms with Crippen LogP contribution in [0.2, 0.25) is 0 Å². The second-order valence-corrected chi connectivity index (χ2v) is 3.03. The summed E-state index contributed by atoms with van der Waals surface area (Å²) in [5, 5.41) is 9.15. The highest BCUT2D eigenvalue weighted by Gasteiger charge is 2.11. The van der Waals surface area contributed by atoms with E-state index in [9.17, 15) is 4.79 Å². The molecule has 0 saturated heterocycles. The van der Waals surface area contributed by atoms with E-state index >= 15 is 0 Å². The van der Waals surface area contributed by atoms with E-state index in [0.29, 0.717) is 11.1 Å². The number of hydrogen-bond donors (Lipinski definition) is 0. The summed E-state index contributed by atoms with van der Waals surface area (Å²) in [6.07, 6.45) is 1.47. The predicted octanol–water partition coefficient (Wildman–Crippen LogP) is 1.96. The average molecular weight is 201 g/mol. The first-order chi connectivity index (χ1) is 7.24. The van der Waals surface area contributed by atoms with Gasteiger partial charge in [0.25, 0.3) is 6.26 Å². The van der Waals surface area contributed by atoms with Gasteiger partial charge in [-0.1, -0.05) is 18.2 Å². The van der Waals surface area contributed by atoms with Crippen molar-refractivity contribution in [2.75, 3.05) is 0 Å². The van der Waals surface area contributed by atoms with Gasteiger partial charge in [-0.2, -0.15) is 0 Å². The van der Waals surface area contributed by atoms with Crippen molar-refractivity contribution in [1.82, 2.24) is 0 Å². The van der Waals surface area contributed by atoms with Gasteiger partial charge in [0, 0.05) is 10.9 Å². The standard InChI is InChI=1S/C11H7NO3/c1-7-8-4-2-3-5-9(8)15-11(13)10(7)14-6-12/h2-5H,1H3. The van der Waals surface area contributed by atoms with Gasteiger partial charge in [-0.25, -0.2) is 4.79 Å². The summed E-state index contributed by atoms with van der Waals surface area (Å²) in [6.45, 7) is 1.71. The van der Waals surface area contributed by atoms with Crippen molar-refractivity contribution in [3.05, 3.63) is 40.2 Å². The van der Waals surface area contributed by atoms with Gasteiger partial charge in [0.15, 0.2) is 0 Å². The number of nitrogens with zero attached hydrogens (tertiary/aromatic N) is 1. The van der Waals surface area contributed by atoms with Crippen molar-refractivity contribution in [1.29, 1.82) is 5.26 Å². The van der Waals surface area contributed by atoms with Gasteiger partial charge in [0.05, 0.1) is 0 Å². The van der Waals surface area contributed by atoms with Crippen molar-refractivity contribution in [2.24, 2.45) is 0 Å². The molecule has 0 unspecified atom stereocenters. The third-order valence-corrected chi connectivity index (χ3v) is 2.17. The van der Waals surface area contributed by atoms with Crippen LogP contribution >= 0.6 is 0 Å². The molecule has 0 atom stereocenters. The Morgan fingerprint density at radius 2 is 2.13 bits per heavy atom. The highest BCUT2D eigenvalue weighted by Crippen LogP contribution is 2.22. The van der Waals surface area contributed by atoms with Crippen molar-refractivity contribution in [3.8, 4) is 12.0 Å². The highest BCUT2D eigenvalue weighted by molar-refractivity contribution is 5.81. The molecule has 0 amide bonds. The molecule has 1 aromatic carbocycles. The zero-order valence-corrected chi connectivity index (χ0v) is 7.98. The summed E-state index contributed by atoms with van der Waals surface area (Å²) in [5.41, 5.74) is 0.474. The molecule has 0 fully saturated rings. The molecule has 0 aliphatic rings. The summed E-state index contributed by atoms with van der Waals surface area (Å²) in [7, 11) is 0. The molecule has 0 N–H and O–H groups in total. The fourth-order valence-electron chi connectivity index (χ4n) is 1.45. The molecular weight excluding hydrogens is 194 g/mol. The van der Waals surface area contributed by atoms with Gasteiger partial charge >= 0.3 is 5.63 Å². The molecule has 74 valence electrons. The summed E-state index contributed by atoms with van der Waals surface area (Å²) < 4.78 is 9.57. The molecule has 0 aliphatic carbocycles. The van der Waals surface area contributed by atoms with E-state index in [1.807, 2.05) is 6.07 Å². The van der Waals surface area contributed by atoms with E-state index in [4.69, 9.17) is 9.68 Å². The Balaban J connectivity index is 2.85. The first-order valence-corrected chi connectivity index (χ1v) is 4.32. The van der Waals surface area contributed by atoms with Crippen molar-refractivity contribution < 1.29 is 9.15 Å². The molecular formula is C11H7NO3. The third kappa shape index (κ3) is 1.44. The number of aryl methyl sites for hydroxylation is 1. The molecule has 2 rings (SSSR count). The molecule has 4 heteroatoms. The van der Waals surface area contributed by atoms with Crippen LogP contribution in [0.15, 0.2) is 33.5 Å². The molecule has 0 aliphatic heterocycles. The lowest BCUT2D eigenvalue weighted by atomic mass is 10.1. The molecule has 1 aromatic heterocycles. The first kappa shape index (κ1) is 9.28. The summed E-state index contributed by atoms with van der Waals surface area (Å²) in [6, 6.07) is 7.10. The van der Waals surface area contributed by atoms with Crippen LogP contribution in [0.3, 0.4) is 0 Å². The van der Waals surface area contributed by atoms with Crippen LogP contribution in [0.1, 0.15) is 5.56 Å². The second kappa shape index (κ2) is 3.46. The number of hydrogen-bond acceptors (Lipinski definition) is 4. The largest absolute Gasteiger partial charge is 0.420 e. The van der Waals surface area contributed by atoms with E-state index in [1.54, 1.807) is 25.1 Å². The minimum atomic E-state index is -0.632. The summed E-state index contributed by atoms with van der Waals surface area (Å²) in [5.74, 6) is -0.0452. The van der Waals surface area contributed by atoms with Crippen LogP contribution in [0.4, 0.5) is 0 Å². The number of rotatable bonds is 1. The Kier molecular flexibility index (Phi) is 2.14. The van der Waals surface area contributed by atoms with Gasteiger partial charge < -0.3 is 9.15 Å². The molecule has 2 aromatic rings. The van der Waals surface area contributed by atoms with Gasteiger partial charge in [-0.3, -0.25) is 0 Å².